The van der Waals surface area contributed by atoms with Crippen molar-refractivity contribution in [2.24, 2.45) is 0 Å². The molecule has 0 aliphatic carbocycles. The normalized spacial score (nSPS) is 19.5. The van der Waals surface area contributed by atoms with Gasteiger partial charge in [0.15, 0.2) is 6.23 Å². The Balaban J connectivity index is 1.97. The molecule has 1 amide bonds. The average Bonchev–Trinajstić information content (AvgIpc) is 2.14. The molecule has 15 heavy (non-hydrogen) atoms. The monoisotopic (exact) mass is 208 g/mol. The van der Waals surface area contributed by atoms with Gasteiger partial charge in [-0.25, -0.2) is 4.79 Å². The maximum atomic E-state index is 10.7. The van der Waals surface area contributed by atoms with Gasteiger partial charge in [-0.3, -0.25) is 4.90 Å². The fraction of sp³-hybridized carbons (Fsp3) is 0.300. The van der Waals surface area contributed by atoms with Gasteiger partial charge in [-0.2, -0.15) is 0 Å². The first-order chi connectivity index (χ1) is 7.16. The van der Waals surface area contributed by atoms with Crippen LogP contribution in [-0.4, -0.2) is 28.9 Å². The molecule has 1 aromatic carbocycles. The van der Waals surface area contributed by atoms with Crippen molar-refractivity contribution in [2.45, 2.75) is 12.6 Å². The van der Waals surface area contributed by atoms with Crippen LogP contribution in [0.4, 0.5) is 10.5 Å². The number of anilines is 1. The van der Waals surface area contributed by atoms with E-state index in [1.165, 1.54) is 4.90 Å². The predicted molar refractivity (Wildman–Crippen MR) is 54.6 cm³/mol. The van der Waals surface area contributed by atoms with Gasteiger partial charge in [-0.1, -0.05) is 0 Å². The van der Waals surface area contributed by atoms with E-state index in [1.807, 2.05) is 0 Å². The molecule has 0 radical (unpaired) electrons. The Labute approximate surface area is 87.1 Å². The Morgan fingerprint density at radius 3 is 2.60 bits per heavy atom. The molecule has 0 aromatic heterocycles. The standard InChI is InChI=1S/C10H12N2O3/c11-7-1-3-8(4-2-7)15-9-5-6-12(9)10(13)14/h1-4,9H,5-6,11H2,(H,13,14). The Kier molecular flexibility index (Phi) is 2.37. The molecule has 1 fully saturated rings. The minimum atomic E-state index is -0.943. The summed E-state index contributed by atoms with van der Waals surface area (Å²) in [5.41, 5.74) is 6.18. The third-order valence-electron chi connectivity index (χ3n) is 2.36. The highest BCUT2D eigenvalue weighted by Gasteiger charge is 2.33. The largest absolute Gasteiger partial charge is 0.470 e. The fourth-order valence-corrected chi connectivity index (χ4v) is 1.41. The van der Waals surface area contributed by atoms with E-state index in [2.05, 4.69) is 0 Å². The van der Waals surface area contributed by atoms with Crippen LogP contribution in [0.1, 0.15) is 6.42 Å². The SMILES string of the molecule is Nc1ccc(OC2CCN2C(=O)O)cc1. The summed E-state index contributed by atoms with van der Waals surface area (Å²) < 4.78 is 5.47. The summed E-state index contributed by atoms with van der Waals surface area (Å²) >= 11 is 0. The molecule has 1 aromatic rings. The number of carboxylic acid groups (broad SMARTS) is 1. The molecule has 0 bridgehead atoms. The van der Waals surface area contributed by atoms with Crippen LogP contribution < -0.4 is 10.5 Å². The number of nitrogens with zero attached hydrogens (tertiary/aromatic N) is 1. The summed E-state index contributed by atoms with van der Waals surface area (Å²) in [5, 5.41) is 8.75. The highest BCUT2D eigenvalue weighted by molar-refractivity contribution is 5.66. The Bertz CT molecular complexity index is 363. The lowest BCUT2D eigenvalue weighted by Crippen LogP contribution is -2.53. The van der Waals surface area contributed by atoms with Crippen molar-refractivity contribution < 1.29 is 14.6 Å². The summed E-state index contributed by atoms with van der Waals surface area (Å²) in [4.78, 5) is 11.9. The number of likely N-dealkylation sites (tertiary alicyclic amines) is 1. The van der Waals surface area contributed by atoms with Gasteiger partial charge in [0.25, 0.3) is 0 Å². The summed E-state index contributed by atoms with van der Waals surface area (Å²) in [6.07, 6.45) is -0.566. The maximum Gasteiger partial charge on any atom is 0.410 e. The number of nitrogens with two attached hydrogens (primary N) is 1. The lowest BCUT2D eigenvalue weighted by Gasteiger charge is -2.38. The average molecular weight is 208 g/mol. The van der Waals surface area contributed by atoms with E-state index in [0.717, 1.165) is 6.42 Å². The van der Waals surface area contributed by atoms with Gasteiger partial charge in [-0.05, 0) is 24.3 Å². The van der Waals surface area contributed by atoms with E-state index < -0.39 is 6.09 Å². The Morgan fingerprint density at radius 2 is 2.13 bits per heavy atom. The molecule has 3 N–H and O–H groups in total. The van der Waals surface area contributed by atoms with Crippen LogP contribution in [0, 0.1) is 0 Å². The van der Waals surface area contributed by atoms with Crippen molar-refractivity contribution in [3.8, 4) is 5.75 Å². The number of benzene rings is 1. The molecule has 80 valence electrons. The molecule has 1 saturated heterocycles. The zero-order valence-corrected chi connectivity index (χ0v) is 8.09. The second-order valence-electron chi connectivity index (χ2n) is 3.41. The minimum absolute atomic E-state index is 0.355. The van der Waals surface area contributed by atoms with Crippen molar-refractivity contribution in [1.29, 1.82) is 0 Å². The second kappa shape index (κ2) is 3.68. The van der Waals surface area contributed by atoms with Crippen molar-refractivity contribution in [3.05, 3.63) is 24.3 Å². The molecule has 5 nitrogen and oxygen atoms in total. The molecule has 5 heteroatoms. The number of hydrogen-bond acceptors (Lipinski definition) is 3. The number of ether oxygens (including phenoxy) is 1. The van der Waals surface area contributed by atoms with Gasteiger partial charge in [-0.15, -0.1) is 0 Å². The van der Waals surface area contributed by atoms with Gasteiger partial charge in [0.2, 0.25) is 0 Å². The number of nitrogen functional groups attached to an aromatic ring is 1. The van der Waals surface area contributed by atoms with Crippen LogP contribution in [0.2, 0.25) is 0 Å². The van der Waals surface area contributed by atoms with Crippen molar-refractivity contribution in [1.82, 2.24) is 4.90 Å². The molecule has 1 atom stereocenters. The lowest BCUT2D eigenvalue weighted by molar-refractivity contribution is -0.0372. The van der Waals surface area contributed by atoms with Gasteiger partial charge in [0, 0.05) is 18.7 Å². The van der Waals surface area contributed by atoms with Crippen molar-refractivity contribution >= 4 is 11.8 Å². The molecule has 1 unspecified atom stereocenters. The fourth-order valence-electron chi connectivity index (χ4n) is 1.41. The Morgan fingerprint density at radius 1 is 1.47 bits per heavy atom. The van der Waals surface area contributed by atoms with Gasteiger partial charge in [0.05, 0.1) is 0 Å². The first kappa shape index (κ1) is 9.64. The lowest BCUT2D eigenvalue weighted by atomic mass is 10.2. The van der Waals surface area contributed by atoms with E-state index in [-0.39, 0.29) is 6.23 Å². The van der Waals surface area contributed by atoms with Crippen LogP contribution in [0.5, 0.6) is 5.75 Å². The highest BCUT2D eigenvalue weighted by atomic mass is 16.5. The van der Waals surface area contributed by atoms with Crippen LogP contribution >= 0.6 is 0 Å². The molecular formula is C10H12N2O3. The number of hydrogen-bond donors (Lipinski definition) is 2. The Hall–Kier alpha value is -1.91. The van der Waals surface area contributed by atoms with E-state index in [4.69, 9.17) is 15.6 Å². The molecule has 0 saturated carbocycles. The smallest absolute Gasteiger partial charge is 0.410 e. The third kappa shape index (κ3) is 1.96. The maximum absolute atomic E-state index is 10.7. The summed E-state index contributed by atoms with van der Waals surface area (Å²) in [7, 11) is 0. The molecule has 1 heterocycles. The molecule has 1 aliphatic rings. The van der Waals surface area contributed by atoms with E-state index in [0.29, 0.717) is 18.0 Å². The molecular weight excluding hydrogens is 196 g/mol. The molecule has 2 rings (SSSR count). The van der Waals surface area contributed by atoms with Gasteiger partial charge >= 0.3 is 6.09 Å². The number of rotatable bonds is 2. The van der Waals surface area contributed by atoms with E-state index in [1.54, 1.807) is 24.3 Å². The summed E-state index contributed by atoms with van der Waals surface area (Å²) in [6.45, 7) is 0.537. The molecule has 1 aliphatic heterocycles. The van der Waals surface area contributed by atoms with Crippen LogP contribution in [0.25, 0.3) is 0 Å². The number of amides is 1. The van der Waals surface area contributed by atoms with Crippen molar-refractivity contribution in [3.63, 3.8) is 0 Å². The zero-order valence-electron chi connectivity index (χ0n) is 8.09. The third-order valence-corrected chi connectivity index (χ3v) is 2.36. The topological polar surface area (TPSA) is 75.8 Å². The predicted octanol–water partition coefficient (Wildman–Crippen LogP) is 1.36. The summed E-state index contributed by atoms with van der Waals surface area (Å²) in [5.74, 6) is 0.639. The van der Waals surface area contributed by atoms with Crippen molar-refractivity contribution in [2.75, 3.05) is 12.3 Å². The first-order valence-electron chi connectivity index (χ1n) is 4.68. The van der Waals surface area contributed by atoms with E-state index >= 15 is 0 Å². The van der Waals surface area contributed by atoms with Crippen LogP contribution in [0.15, 0.2) is 24.3 Å². The quantitative estimate of drug-likeness (QED) is 0.719. The first-order valence-corrected chi connectivity index (χ1v) is 4.68. The summed E-state index contributed by atoms with van der Waals surface area (Å²) in [6, 6.07) is 6.90. The van der Waals surface area contributed by atoms with Crippen LogP contribution in [-0.2, 0) is 0 Å². The van der Waals surface area contributed by atoms with E-state index in [9.17, 15) is 4.79 Å². The second-order valence-corrected chi connectivity index (χ2v) is 3.41. The zero-order chi connectivity index (χ0) is 10.8. The van der Waals surface area contributed by atoms with Gasteiger partial charge < -0.3 is 15.6 Å². The van der Waals surface area contributed by atoms with Gasteiger partial charge in [0.1, 0.15) is 5.75 Å². The molecule has 0 spiro atoms. The minimum Gasteiger partial charge on any atom is -0.470 e. The highest BCUT2D eigenvalue weighted by Crippen LogP contribution is 2.22. The number of carbonyl (C=O) groups is 1. The van der Waals surface area contributed by atoms with Crippen LogP contribution in [0.3, 0.4) is 0 Å².